The minimum absolute atomic E-state index is 0.0653. The van der Waals surface area contributed by atoms with E-state index < -0.39 is 0 Å². The first kappa shape index (κ1) is 16.9. The third-order valence-electron chi connectivity index (χ3n) is 9.02. The van der Waals surface area contributed by atoms with E-state index in [-0.39, 0.29) is 17.4 Å². The maximum atomic E-state index is 11.4. The number of carbonyl (C=O) groups is 1. The molecule has 0 unspecified atom stereocenters. The molecule has 4 saturated carbocycles. The SMILES string of the molecule is CC(=O)N[C@@H]1CC[C@@]2(C)[C@@H](CC[C@@H]3[C@@H]2CC[C@]2(C)[C@@H](O)CC[C@@H]32)C1. The smallest absolute Gasteiger partial charge is 0.217 e. The minimum Gasteiger partial charge on any atom is -0.393 e. The maximum Gasteiger partial charge on any atom is 0.217 e. The first-order chi connectivity index (χ1) is 11.3. The fourth-order valence-corrected chi connectivity index (χ4v) is 7.65. The summed E-state index contributed by atoms with van der Waals surface area (Å²) in [6, 6.07) is 0.402. The second kappa shape index (κ2) is 5.72. The van der Waals surface area contributed by atoms with Crippen molar-refractivity contribution in [2.45, 2.75) is 90.7 Å². The zero-order valence-corrected chi connectivity index (χ0v) is 15.7. The van der Waals surface area contributed by atoms with E-state index in [1.165, 1.54) is 44.9 Å². The summed E-state index contributed by atoms with van der Waals surface area (Å²) in [5, 5.41) is 13.7. The van der Waals surface area contributed by atoms with Gasteiger partial charge in [0.15, 0.2) is 0 Å². The van der Waals surface area contributed by atoms with Crippen molar-refractivity contribution in [2.24, 2.45) is 34.5 Å². The molecule has 136 valence electrons. The number of hydrogen-bond acceptors (Lipinski definition) is 2. The van der Waals surface area contributed by atoms with Crippen LogP contribution in [-0.4, -0.2) is 23.2 Å². The molecule has 4 aliphatic rings. The van der Waals surface area contributed by atoms with E-state index in [1.807, 2.05) is 0 Å². The predicted octanol–water partition coefficient (Wildman–Crippen LogP) is 3.89. The van der Waals surface area contributed by atoms with Crippen LogP contribution in [0.2, 0.25) is 0 Å². The molecule has 2 N–H and O–H groups in total. The molecule has 0 aliphatic heterocycles. The fraction of sp³-hybridized carbons (Fsp3) is 0.952. The van der Waals surface area contributed by atoms with Crippen molar-refractivity contribution in [1.82, 2.24) is 5.32 Å². The Bertz CT molecular complexity index is 520. The minimum atomic E-state index is -0.0653. The highest BCUT2D eigenvalue weighted by Gasteiger charge is 2.59. The highest BCUT2D eigenvalue weighted by molar-refractivity contribution is 5.73. The molecular weight excluding hydrogens is 298 g/mol. The van der Waals surface area contributed by atoms with Gasteiger partial charge in [0, 0.05) is 13.0 Å². The van der Waals surface area contributed by atoms with Crippen LogP contribution in [0.5, 0.6) is 0 Å². The first-order valence-corrected chi connectivity index (χ1v) is 10.3. The van der Waals surface area contributed by atoms with Gasteiger partial charge in [0.2, 0.25) is 5.91 Å². The number of aliphatic hydroxyl groups is 1. The molecule has 8 atom stereocenters. The normalized spacial score (nSPS) is 53.7. The Morgan fingerprint density at radius 3 is 2.42 bits per heavy atom. The van der Waals surface area contributed by atoms with Crippen molar-refractivity contribution < 1.29 is 9.90 Å². The molecule has 0 aromatic heterocycles. The van der Waals surface area contributed by atoms with Crippen molar-refractivity contribution in [1.29, 1.82) is 0 Å². The Hall–Kier alpha value is -0.570. The van der Waals surface area contributed by atoms with Crippen LogP contribution >= 0.6 is 0 Å². The Kier molecular flexibility index (Phi) is 4.02. The summed E-state index contributed by atoms with van der Waals surface area (Å²) < 4.78 is 0. The Labute approximate surface area is 147 Å². The molecule has 4 aliphatic carbocycles. The lowest BCUT2D eigenvalue weighted by Crippen LogP contribution is -2.55. The summed E-state index contributed by atoms with van der Waals surface area (Å²) in [7, 11) is 0. The molecule has 0 heterocycles. The van der Waals surface area contributed by atoms with Gasteiger partial charge in [-0.1, -0.05) is 13.8 Å². The number of aliphatic hydroxyl groups excluding tert-OH is 1. The molecule has 0 aromatic carbocycles. The van der Waals surface area contributed by atoms with Crippen LogP contribution in [0.15, 0.2) is 0 Å². The molecule has 4 rings (SSSR count). The van der Waals surface area contributed by atoms with Gasteiger partial charge in [0.05, 0.1) is 6.10 Å². The summed E-state index contributed by atoms with van der Waals surface area (Å²) in [6.45, 7) is 6.58. The fourth-order valence-electron chi connectivity index (χ4n) is 7.65. The van der Waals surface area contributed by atoms with Gasteiger partial charge in [0.1, 0.15) is 0 Å². The summed E-state index contributed by atoms with van der Waals surface area (Å²) in [5.74, 6) is 3.33. The second-order valence-corrected chi connectivity index (χ2v) is 9.97. The molecule has 4 fully saturated rings. The van der Waals surface area contributed by atoms with Crippen molar-refractivity contribution in [2.75, 3.05) is 0 Å². The average Bonchev–Trinajstić information content (AvgIpc) is 2.83. The highest BCUT2D eigenvalue weighted by atomic mass is 16.3. The van der Waals surface area contributed by atoms with Crippen molar-refractivity contribution >= 4 is 5.91 Å². The van der Waals surface area contributed by atoms with E-state index in [0.29, 0.717) is 11.5 Å². The standard InChI is InChI=1S/C21H35NO2/c1-13(23)22-15-8-10-20(2)14(12-15)4-5-16-17-6-7-19(24)21(17,3)11-9-18(16)20/h14-19,24H,4-12H2,1-3H3,(H,22,23)/t14-,15+,16-,17-,18-,19-,20-,21-/m0/s1. The number of hydrogen-bond donors (Lipinski definition) is 2. The predicted molar refractivity (Wildman–Crippen MR) is 95.3 cm³/mol. The van der Waals surface area contributed by atoms with Crippen LogP contribution in [0.1, 0.15) is 78.6 Å². The Morgan fingerprint density at radius 1 is 0.958 bits per heavy atom. The van der Waals surface area contributed by atoms with Gasteiger partial charge in [-0.25, -0.2) is 0 Å². The number of carbonyl (C=O) groups excluding carboxylic acids is 1. The van der Waals surface area contributed by atoms with Gasteiger partial charge in [-0.05, 0) is 92.3 Å². The zero-order chi connectivity index (χ0) is 17.1. The van der Waals surface area contributed by atoms with Gasteiger partial charge in [-0.3, -0.25) is 4.79 Å². The van der Waals surface area contributed by atoms with Crippen molar-refractivity contribution in [3.8, 4) is 0 Å². The van der Waals surface area contributed by atoms with Crippen LogP contribution in [0, 0.1) is 34.5 Å². The van der Waals surface area contributed by atoms with Crippen LogP contribution in [-0.2, 0) is 4.79 Å². The third-order valence-corrected chi connectivity index (χ3v) is 9.02. The molecule has 0 bridgehead atoms. The lowest BCUT2D eigenvalue weighted by Gasteiger charge is -2.61. The molecule has 24 heavy (non-hydrogen) atoms. The highest BCUT2D eigenvalue weighted by Crippen LogP contribution is 2.66. The molecule has 3 heteroatoms. The van der Waals surface area contributed by atoms with E-state index in [0.717, 1.165) is 36.5 Å². The van der Waals surface area contributed by atoms with E-state index in [9.17, 15) is 9.90 Å². The van der Waals surface area contributed by atoms with E-state index in [1.54, 1.807) is 6.92 Å². The molecule has 0 radical (unpaired) electrons. The third kappa shape index (κ3) is 2.37. The van der Waals surface area contributed by atoms with Crippen molar-refractivity contribution in [3.05, 3.63) is 0 Å². The number of nitrogens with one attached hydrogen (secondary N) is 1. The Balaban J connectivity index is 1.53. The molecule has 3 nitrogen and oxygen atoms in total. The van der Waals surface area contributed by atoms with Gasteiger partial charge in [-0.2, -0.15) is 0 Å². The largest absolute Gasteiger partial charge is 0.393 e. The van der Waals surface area contributed by atoms with Crippen LogP contribution in [0.25, 0.3) is 0 Å². The molecular formula is C21H35NO2. The maximum absolute atomic E-state index is 11.4. The average molecular weight is 334 g/mol. The molecule has 0 saturated heterocycles. The Morgan fingerprint density at radius 2 is 1.67 bits per heavy atom. The lowest BCUT2D eigenvalue weighted by molar-refractivity contribution is -0.129. The number of amides is 1. The van der Waals surface area contributed by atoms with Gasteiger partial charge in [-0.15, -0.1) is 0 Å². The van der Waals surface area contributed by atoms with Crippen LogP contribution in [0.3, 0.4) is 0 Å². The summed E-state index contributed by atoms with van der Waals surface area (Å²) >= 11 is 0. The lowest BCUT2D eigenvalue weighted by atomic mass is 9.45. The second-order valence-electron chi connectivity index (χ2n) is 9.97. The topological polar surface area (TPSA) is 49.3 Å². The van der Waals surface area contributed by atoms with Gasteiger partial charge >= 0.3 is 0 Å². The number of fused-ring (bicyclic) bond motifs is 5. The monoisotopic (exact) mass is 333 g/mol. The first-order valence-electron chi connectivity index (χ1n) is 10.3. The number of rotatable bonds is 1. The quantitative estimate of drug-likeness (QED) is 0.765. The van der Waals surface area contributed by atoms with Gasteiger partial charge in [0.25, 0.3) is 0 Å². The summed E-state index contributed by atoms with van der Waals surface area (Å²) in [4.78, 5) is 11.4. The molecule has 1 amide bonds. The molecule has 0 spiro atoms. The zero-order valence-electron chi connectivity index (χ0n) is 15.7. The van der Waals surface area contributed by atoms with Crippen LogP contribution in [0.4, 0.5) is 0 Å². The van der Waals surface area contributed by atoms with Crippen LogP contribution < -0.4 is 5.32 Å². The molecule has 0 aromatic rings. The van der Waals surface area contributed by atoms with E-state index in [4.69, 9.17) is 0 Å². The van der Waals surface area contributed by atoms with Crippen molar-refractivity contribution in [3.63, 3.8) is 0 Å². The summed E-state index contributed by atoms with van der Waals surface area (Å²) in [6.07, 6.45) is 11.0. The van der Waals surface area contributed by atoms with Gasteiger partial charge < -0.3 is 10.4 Å². The van der Waals surface area contributed by atoms with E-state index in [2.05, 4.69) is 19.2 Å². The summed E-state index contributed by atoms with van der Waals surface area (Å²) in [5.41, 5.74) is 0.657. The van der Waals surface area contributed by atoms with E-state index >= 15 is 0 Å².